The molecule has 0 atom stereocenters. The lowest BCUT2D eigenvalue weighted by molar-refractivity contribution is 0.0695. The zero-order valence-electron chi connectivity index (χ0n) is 10.8. The van der Waals surface area contributed by atoms with Gasteiger partial charge in [0.15, 0.2) is 0 Å². The molecule has 0 spiro atoms. The van der Waals surface area contributed by atoms with Gasteiger partial charge in [0.1, 0.15) is 11.4 Å². The molecule has 2 aromatic heterocycles. The van der Waals surface area contributed by atoms with Crippen molar-refractivity contribution in [1.82, 2.24) is 9.38 Å². The van der Waals surface area contributed by atoms with Gasteiger partial charge >= 0.3 is 5.97 Å². The molecule has 0 unspecified atom stereocenters. The van der Waals surface area contributed by atoms with Crippen molar-refractivity contribution in [2.24, 2.45) is 0 Å². The summed E-state index contributed by atoms with van der Waals surface area (Å²) in [5.41, 5.74) is 1.60. The molecule has 0 aliphatic rings. The monoisotopic (exact) mass is 268 g/mol. The van der Waals surface area contributed by atoms with Gasteiger partial charge in [-0.2, -0.15) is 0 Å². The molecule has 0 amide bonds. The Hall–Kier alpha value is -2.82. The van der Waals surface area contributed by atoms with Crippen molar-refractivity contribution in [2.45, 2.75) is 6.92 Å². The number of aromatic carboxylic acids is 1. The van der Waals surface area contributed by atoms with Gasteiger partial charge in [-0.3, -0.25) is 4.40 Å². The number of rotatable bonds is 3. The minimum absolute atomic E-state index is 0.236. The predicted octanol–water partition coefficient (Wildman–Crippen LogP) is 3.13. The predicted molar refractivity (Wildman–Crippen MR) is 73.4 cm³/mol. The van der Waals surface area contributed by atoms with Gasteiger partial charge in [0.2, 0.25) is 5.88 Å². The van der Waals surface area contributed by atoms with Gasteiger partial charge in [-0.15, -0.1) is 0 Å². The van der Waals surface area contributed by atoms with Crippen LogP contribution in [0.3, 0.4) is 0 Å². The number of ether oxygens (including phenoxy) is 1. The molecule has 5 nitrogen and oxygen atoms in total. The third-order valence-corrected chi connectivity index (χ3v) is 3.12. The Morgan fingerprint density at radius 3 is 2.85 bits per heavy atom. The van der Waals surface area contributed by atoms with Crippen LogP contribution >= 0.6 is 0 Å². The Labute approximate surface area is 115 Å². The van der Waals surface area contributed by atoms with Crippen LogP contribution in [0.25, 0.3) is 5.65 Å². The SMILES string of the molecule is Cc1c(Oc2cccc3nccn23)cccc1C(=O)O. The summed E-state index contributed by atoms with van der Waals surface area (Å²) in [4.78, 5) is 15.3. The first kappa shape index (κ1) is 12.2. The second-order valence-corrected chi connectivity index (χ2v) is 4.36. The molecule has 0 radical (unpaired) electrons. The van der Waals surface area contributed by atoms with Crippen molar-refractivity contribution in [3.63, 3.8) is 0 Å². The van der Waals surface area contributed by atoms with Crippen LogP contribution in [0.5, 0.6) is 11.6 Å². The Bertz CT molecular complexity index is 793. The number of carbonyl (C=O) groups is 1. The summed E-state index contributed by atoms with van der Waals surface area (Å²) in [6, 6.07) is 10.5. The number of hydrogen-bond donors (Lipinski definition) is 1. The first-order valence-electron chi connectivity index (χ1n) is 6.09. The molecule has 1 aromatic carbocycles. The van der Waals surface area contributed by atoms with E-state index >= 15 is 0 Å². The molecule has 0 aliphatic carbocycles. The summed E-state index contributed by atoms with van der Waals surface area (Å²) < 4.78 is 7.63. The number of benzene rings is 1. The fourth-order valence-corrected chi connectivity index (χ4v) is 2.07. The van der Waals surface area contributed by atoms with Crippen molar-refractivity contribution in [2.75, 3.05) is 0 Å². The Kier molecular flexibility index (Phi) is 2.87. The Morgan fingerprint density at radius 1 is 1.25 bits per heavy atom. The highest BCUT2D eigenvalue weighted by Crippen LogP contribution is 2.27. The summed E-state index contributed by atoms with van der Waals surface area (Å²) in [7, 11) is 0. The number of imidazole rings is 1. The second kappa shape index (κ2) is 4.70. The maximum Gasteiger partial charge on any atom is 0.336 e. The molecule has 0 fully saturated rings. The van der Waals surface area contributed by atoms with E-state index in [1.807, 2.05) is 18.2 Å². The number of nitrogens with zero attached hydrogens (tertiary/aromatic N) is 2. The third-order valence-electron chi connectivity index (χ3n) is 3.12. The molecule has 0 bridgehead atoms. The highest BCUT2D eigenvalue weighted by molar-refractivity contribution is 5.90. The van der Waals surface area contributed by atoms with E-state index in [1.54, 1.807) is 41.9 Å². The van der Waals surface area contributed by atoms with Gasteiger partial charge < -0.3 is 9.84 Å². The van der Waals surface area contributed by atoms with Crippen LogP contribution in [0.4, 0.5) is 0 Å². The van der Waals surface area contributed by atoms with Crippen molar-refractivity contribution in [3.8, 4) is 11.6 Å². The molecule has 0 aliphatic heterocycles. The molecule has 3 aromatic rings. The first-order valence-corrected chi connectivity index (χ1v) is 6.09. The molecule has 3 rings (SSSR count). The zero-order valence-corrected chi connectivity index (χ0v) is 10.8. The number of carboxylic acid groups (broad SMARTS) is 1. The fraction of sp³-hybridized carbons (Fsp3) is 0.0667. The smallest absolute Gasteiger partial charge is 0.336 e. The lowest BCUT2D eigenvalue weighted by Crippen LogP contribution is -2.02. The maximum atomic E-state index is 11.1. The molecule has 5 heteroatoms. The van der Waals surface area contributed by atoms with Crippen LogP contribution in [0.1, 0.15) is 15.9 Å². The van der Waals surface area contributed by atoms with Crippen LogP contribution in [-0.4, -0.2) is 20.5 Å². The van der Waals surface area contributed by atoms with E-state index < -0.39 is 5.97 Å². The highest BCUT2D eigenvalue weighted by atomic mass is 16.5. The van der Waals surface area contributed by atoms with Gasteiger partial charge in [0, 0.05) is 18.0 Å². The quantitative estimate of drug-likeness (QED) is 0.792. The summed E-state index contributed by atoms with van der Waals surface area (Å²) >= 11 is 0. The van der Waals surface area contributed by atoms with Crippen LogP contribution < -0.4 is 4.74 Å². The molecule has 0 saturated heterocycles. The summed E-state index contributed by atoms with van der Waals surface area (Å²) in [5, 5.41) is 9.12. The molecule has 0 saturated carbocycles. The number of carboxylic acids is 1. The van der Waals surface area contributed by atoms with E-state index in [2.05, 4.69) is 4.98 Å². The zero-order chi connectivity index (χ0) is 14.1. The molecular formula is C15H12N2O3. The average molecular weight is 268 g/mol. The molecule has 2 heterocycles. The summed E-state index contributed by atoms with van der Waals surface area (Å²) in [6.45, 7) is 1.73. The average Bonchev–Trinajstić information content (AvgIpc) is 2.90. The van der Waals surface area contributed by atoms with Gasteiger partial charge in [-0.25, -0.2) is 9.78 Å². The largest absolute Gasteiger partial charge is 0.478 e. The van der Waals surface area contributed by atoms with E-state index in [-0.39, 0.29) is 5.56 Å². The van der Waals surface area contributed by atoms with Crippen LogP contribution in [0, 0.1) is 6.92 Å². The Balaban J connectivity index is 2.05. The topological polar surface area (TPSA) is 63.8 Å². The van der Waals surface area contributed by atoms with Crippen molar-refractivity contribution in [3.05, 3.63) is 59.9 Å². The lowest BCUT2D eigenvalue weighted by Gasteiger charge is -2.11. The summed E-state index contributed by atoms with van der Waals surface area (Å²) in [6.07, 6.45) is 3.48. The van der Waals surface area contributed by atoms with Crippen LogP contribution in [0.15, 0.2) is 48.8 Å². The van der Waals surface area contributed by atoms with E-state index in [4.69, 9.17) is 9.84 Å². The van der Waals surface area contributed by atoms with E-state index in [0.29, 0.717) is 17.2 Å². The highest BCUT2D eigenvalue weighted by Gasteiger charge is 2.12. The number of pyridine rings is 1. The lowest BCUT2D eigenvalue weighted by atomic mass is 10.1. The third kappa shape index (κ3) is 1.99. The van der Waals surface area contributed by atoms with Gasteiger partial charge in [0.05, 0.1) is 5.56 Å². The molecule has 20 heavy (non-hydrogen) atoms. The van der Waals surface area contributed by atoms with Crippen molar-refractivity contribution < 1.29 is 14.6 Å². The molecular weight excluding hydrogens is 256 g/mol. The van der Waals surface area contributed by atoms with E-state index in [1.165, 1.54) is 0 Å². The Morgan fingerprint density at radius 2 is 2.05 bits per heavy atom. The van der Waals surface area contributed by atoms with Crippen molar-refractivity contribution in [1.29, 1.82) is 0 Å². The number of hydrogen-bond acceptors (Lipinski definition) is 3. The van der Waals surface area contributed by atoms with E-state index in [0.717, 1.165) is 5.65 Å². The second-order valence-electron chi connectivity index (χ2n) is 4.36. The first-order chi connectivity index (χ1) is 9.66. The molecule has 100 valence electrons. The van der Waals surface area contributed by atoms with Gasteiger partial charge in [-0.05, 0) is 31.2 Å². The standard InChI is InChI=1S/C15H12N2O3/c1-10-11(15(18)19)4-2-5-12(10)20-14-7-3-6-13-16-8-9-17(13)14/h2-9H,1H3,(H,18,19). The number of fused-ring (bicyclic) bond motifs is 1. The minimum Gasteiger partial charge on any atom is -0.478 e. The van der Waals surface area contributed by atoms with Gasteiger partial charge in [0.25, 0.3) is 0 Å². The van der Waals surface area contributed by atoms with Crippen molar-refractivity contribution >= 4 is 11.6 Å². The van der Waals surface area contributed by atoms with Gasteiger partial charge in [-0.1, -0.05) is 12.1 Å². The number of aromatic nitrogens is 2. The maximum absolute atomic E-state index is 11.1. The van der Waals surface area contributed by atoms with Crippen LogP contribution in [0.2, 0.25) is 0 Å². The fourth-order valence-electron chi connectivity index (χ4n) is 2.07. The van der Waals surface area contributed by atoms with E-state index in [9.17, 15) is 4.79 Å². The molecule has 1 N–H and O–H groups in total. The summed E-state index contributed by atoms with van der Waals surface area (Å²) in [5.74, 6) is 0.144. The van der Waals surface area contributed by atoms with Crippen LogP contribution in [-0.2, 0) is 0 Å². The normalized spacial score (nSPS) is 10.7. The minimum atomic E-state index is -0.964.